The van der Waals surface area contributed by atoms with Crippen molar-refractivity contribution in [1.82, 2.24) is 10.2 Å². The van der Waals surface area contributed by atoms with E-state index in [-0.39, 0.29) is 0 Å². The standard InChI is InChI=1S/C17H28N2OSi/c1-5-6-17(19-13-11-18-12-14-19)15-7-9-16(10-8-15)20-21(2,3)4/h5,7-10,17-18H,1,6,11-14H2,2-4H3/t17-/m1/s1. The molecule has 1 aliphatic heterocycles. The molecule has 1 atom stereocenters. The molecular weight excluding hydrogens is 276 g/mol. The molecule has 0 amide bonds. The van der Waals surface area contributed by atoms with Crippen LogP contribution >= 0.6 is 0 Å². The van der Waals surface area contributed by atoms with E-state index >= 15 is 0 Å². The predicted octanol–water partition coefficient (Wildman–Crippen LogP) is 3.42. The van der Waals surface area contributed by atoms with Crippen LogP contribution in [0.15, 0.2) is 36.9 Å². The fourth-order valence-corrected chi connectivity index (χ4v) is 3.60. The van der Waals surface area contributed by atoms with Gasteiger partial charge in [-0.1, -0.05) is 18.2 Å². The van der Waals surface area contributed by atoms with Crippen LogP contribution < -0.4 is 9.74 Å². The minimum absolute atomic E-state index is 0.436. The number of nitrogens with zero attached hydrogens (tertiary/aromatic N) is 1. The minimum Gasteiger partial charge on any atom is -0.544 e. The van der Waals surface area contributed by atoms with Crippen LogP contribution in [0.5, 0.6) is 5.75 Å². The third-order valence-corrected chi connectivity index (χ3v) is 4.52. The molecule has 1 heterocycles. The van der Waals surface area contributed by atoms with Gasteiger partial charge in [-0.15, -0.1) is 6.58 Å². The molecule has 1 fully saturated rings. The second-order valence-electron chi connectivity index (χ2n) is 6.61. The van der Waals surface area contributed by atoms with Crippen LogP contribution in [-0.4, -0.2) is 39.4 Å². The molecule has 0 unspecified atom stereocenters. The van der Waals surface area contributed by atoms with Crippen molar-refractivity contribution < 1.29 is 4.43 Å². The lowest BCUT2D eigenvalue weighted by atomic mass is 10.0. The first kappa shape index (κ1) is 16.3. The van der Waals surface area contributed by atoms with Crippen molar-refractivity contribution in [3.8, 4) is 5.75 Å². The number of hydrogen-bond donors (Lipinski definition) is 1. The second kappa shape index (κ2) is 7.25. The molecule has 1 aromatic carbocycles. The third-order valence-electron chi connectivity index (χ3n) is 3.67. The first-order chi connectivity index (χ1) is 9.99. The summed E-state index contributed by atoms with van der Waals surface area (Å²) in [4.78, 5) is 2.55. The van der Waals surface area contributed by atoms with E-state index in [0.29, 0.717) is 6.04 Å². The van der Waals surface area contributed by atoms with Crippen molar-refractivity contribution in [2.75, 3.05) is 26.2 Å². The highest BCUT2D eigenvalue weighted by Gasteiger charge is 2.21. The zero-order valence-electron chi connectivity index (χ0n) is 13.6. The van der Waals surface area contributed by atoms with Crippen LogP contribution in [0.1, 0.15) is 18.0 Å². The first-order valence-electron chi connectivity index (χ1n) is 7.84. The Kier molecular flexibility index (Phi) is 5.62. The zero-order chi connectivity index (χ0) is 15.3. The fourth-order valence-electron chi connectivity index (χ4n) is 2.76. The molecule has 0 aromatic heterocycles. The summed E-state index contributed by atoms with van der Waals surface area (Å²) < 4.78 is 6.04. The summed E-state index contributed by atoms with van der Waals surface area (Å²) in [5.41, 5.74) is 1.36. The van der Waals surface area contributed by atoms with E-state index in [0.717, 1.165) is 38.3 Å². The summed E-state index contributed by atoms with van der Waals surface area (Å²) in [6.07, 6.45) is 3.02. The van der Waals surface area contributed by atoms with Crippen LogP contribution in [-0.2, 0) is 0 Å². The minimum atomic E-state index is -1.52. The van der Waals surface area contributed by atoms with Gasteiger partial charge in [-0.3, -0.25) is 4.90 Å². The molecule has 0 bridgehead atoms. The van der Waals surface area contributed by atoms with Gasteiger partial charge in [0.05, 0.1) is 0 Å². The molecule has 0 radical (unpaired) electrons. The van der Waals surface area contributed by atoms with Crippen molar-refractivity contribution >= 4 is 8.32 Å². The maximum atomic E-state index is 6.04. The van der Waals surface area contributed by atoms with Crippen LogP contribution in [0.3, 0.4) is 0 Å². The quantitative estimate of drug-likeness (QED) is 0.644. The van der Waals surface area contributed by atoms with Crippen molar-refractivity contribution in [3.63, 3.8) is 0 Å². The molecule has 1 aliphatic rings. The highest BCUT2D eigenvalue weighted by Crippen LogP contribution is 2.27. The van der Waals surface area contributed by atoms with Crippen LogP contribution in [0, 0.1) is 0 Å². The summed E-state index contributed by atoms with van der Waals surface area (Å²) in [5, 5.41) is 3.42. The fraction of sp³-hybridized carbons (Fsp3) is 0.529. The van der Waals surface area contributed by atoms with Crippen molar-refractivity contribution in [2.24, 2.45) is 0 Å². The second-order valence-corrected chi connectivity index (χ2v) is 11.0. The Balaban J connectivity index is 2.10. The van der Waals surface area contributed by atoms with Gasteiger partial charge < -0.3 is 9.74 Å². The summed E-state index contributed by atoms with van der Waals surface area (Å²) >= 11 is 0. The summed E-state index contributed by atoms with van der Waals surface area (Å²) in [6, 6.07) is 9.10. The molecule has 1 N–H and O–H groups in total. The molecule has 0 saturated carbocycles. The Morgan fingerprint density at radius 1 is 1.24 bits per heavy atom. The average Bonchev–Trinajstić information content (AvgIpc) is 2.45. The number of piperazine rings is 1. The molecule has 1 saturated heterocycles. The zero-order valence-corrected chi connectivity index (χ0v) is 14.6. The Hall–Kier alpha value is -1.10. The van der Waals surface area contributed by atoms with Crippen molar-refractivity contribution in [1.29, 1.82) is 0 Å². The van der Waals surface area contributed by atoms with Gasteiger partial charge in [-0.2, -0.15) is 0 Å². The topological polar surface area (TPSA) is 24.5 Å². The smallest absolute Gasteiger partial charge is 0.242 e. The van der Waals surface area contributed by atoms with E-state index in [9.17, 15) is 0 Å². The van der Waals surface area contributed by atoms with Gasteiger partial charge in [0.25, 0.3) is 0 Å². The molecule has 1 aromatic rings. The summed E-state index contributed by atoms with van der Waals surface area (Å²) in [7, 11) is -1.52. The lowest BCUT2D eigenvalue weighted by Crippen LogP contribution is -2.45. The molecule has 116 valence electrons. The van der Waals surface area contributed by atoms with Crippen LogP contribution in [0.2, 0.25) is 19.6 Å². The predicted molar refractivity (Wildman–Crippen MR) is 92.4 cm³/mol. The van der Waals surface area contributed by atoms with Gasteiger partial charge in [0.15, 0.2) is 0 Å². The van der Waals surface area contributed by atoms with Crippen LogP contribution in [0.4, 0.5) is 0 Å². The van der Waals surface area contributed by atoms with Gasteiger partial charge in [-0.05, 0) is 43.8 Å². The lowest BCUT2D eigenvalue weighted by molar-refractivity contribution is 0.174. The number of benzene rings is 1. The number of hydrogen-bond acceptors (Lipinski definition) is 3. The Morgan fingerprint density at radius 2 is 1.86 bits per heavy atom. The Labute approximate surface area is 130 Å². The molecule has 0 aliphatic carbocycles. The normalized spacial score (nSPS) is 18.2. The van der Waals surface area contributed by atoms with Gasteiger partial charge in [0.2, 0.25) is 8.32 Å². The number of rotatable bonds is 6. The maximum absolute atomic E-state index is 6.04. The lowest BCUT2D eigenvalue weighted by Gasteiger charge is -2.35. The van der Waals surface area contributed by atoms with Gasteiger partial charge in [0, 0.05) is 32.2 Å². The third kappa shape index (κ3) is 4.99. The SMILES string of the molecule is C=CC[C@H](c1ccc(O[Si](C)(C)C)cc1)N1CCNCC1. The molecule has 4 heteroatoms. The number of nitrogens with one attached hydrogen (secondary N) is 1. The van der Waals surface area contributed by atoms with E-state index in [4.69, 9.17) is 4.43 Å². The molecular formula is C17H28N2OSi. The maximum Gasteiger partial charge on any atom is 0.242 e. The van der Waals surface area contributed by atoms with Gasteiger partial charge in [0.1, 0.15) is 5.75 Å². The van der Waals surface area contributed by atoms with Crippen molar-refractivity contribution in [3.05, 3.63) is 42.5 Å². The van der Waals surface area contributed by atoms with Crippen molar-refractivity contribution in [2.45, 2.75) is 32.1 Å². The van der Waals surface area contributed by atoms with E-state index < -0.39 is 8.32 Å². The highest BCUT2D eigenvalue weighted by atomic mass is 28.4. The Morgan fingerprint density at radius 3 is 2.38 bits per heavy atom. The molecule has 2 rings (SSSR count). The summed E-state index contributed by atoms with van der Waals surface area (Å²) in [5.74, 6) is 0.996. The monoisotopic (exact) mass is 304 g/mol. The Bertz CT molecular complexity index is 447. The molecule has 21 heavy (non-hydrogen) atoms. The molecule has 3 nitrogen and oxygen atoms in total. The van der Waals surface area contributed by atoms with Crippen LogP contribution in [0.25, 0.3) is 0 Å². The van der Waals surface area contributed by atoms with E-state index in [1.807, 2.05) is 6.08 Å². The van der Waals surface area contributed by atoms with E-state index in [1.165, 1.54) is 5.56 Å². The molecule has 0 spiro atoms. The average molecular weight is 305 g/mol. The van der Waals surface area contributed by atoms with Gasteiger partial charge >= 0.3 is 0 Å². The van der Waals surface area contributed by atoms with E-state index in [2.05, 4.69) is 60.7 Å². The highest BCUT2D eigenvalue weighted by molar-refractivity contribution is 6.70. The van der Waals surface area contributed by atoms with Gasteiger partial charge in [-0.25, -0.2) is 0 Å². The largest absolute Gasteiger partial charge is 0.544 e. The van der Waals surface area contributed by atoms with E-state index in [1.54, 1.807) is 0 Å². The first-order valence-corrected chi connectivity index (χ1v) is 11.2. The summed E-state index contributed by atoms with van der Waals surface area (Å²) in [6.45, 7) is 14.9.